The van der Waals surface area contributed by atoms with Crippen molar-refractivity contribution in [3.05, 3.63) is 28.8 Å². The van der Waals surface area contributed by atoms with Crippen LogP contribution in [0, 0.1) is 0 Å². The normalized spacial score (nSPS) is 18.0. The van der Waals surface area contributed by atoms with Crippen LogP contribution in [0.15, 0.2) is 18.2 Å². The number of hydrogen-bond acceptors (Lipinski definition) is 5. The Balaban J connectivity index is 2.20. The molecule has 2 rings (SSSR count). The van der Waals surface area contributed by atoms with E-state index in [1.807, 2.05) is 0 Å². The maximum absolute atomic E-state index is 12.0. The van der Waals surface area contributed by atoms with E-state index in [1.165, 1.54) is 20.1 Å². The summed E-state index contributed by atoms with van der Waals surface area (Å²) in [6.07, 6.45) is 0.305. The van der Waals surface area contributed by atoms with Crippen LogP contribution in [0.1, 0.15) is 23.7 Å². The van der Waals surface area contributed by atoms with Crippen molar-refractivity contribution in [1.29, 1.82) is 0 Å². The Morgan fingerprint density at radius 2 is 2.14 bits per heavy atom. The zero-order valence-corrected chi connectivity index (χ0v) is 13.2. The number of benzene rings is 1. The van der Waals surface area contributed by atoms with Gasteiger partial charge in [-0.1, -0.05) is 23.4 Å². The van der Waals surface area contributed by atoms with Crippen molar-refractivity contribution in [3.8, 4) is 0 Å². The Hall–Kier alpha value is -1.53. The van der Waals surface area contributed by atoms with Crippen molar-refractivity contribution in [2.75, 3.05) is 18.6 Å². The molecule has 1 aromatic rings. The number of methoxy groups -OCH3 is 1. The molecule has 1 aromatic carbocycles. The Labute approximate surface area is 131 Å². The molecular formula is C14H14ClNO4S. The second kappa shape index (κ2) is 6.49. The molecule has 0 aromatic heterocycles. The van der Waals surface area contributed by atoms with Gasteiger partial charge in [-0.2, -0.15) is 0 Å². The third kappa shape index (κ3) is 3.57. The van der Waals surface area contributed by atoms with E-state index in [1.54, 1.807) is 17.0 Å². The zero-order valence-electron chi connectivity index (χ0n) is 11.6. The molecule has 1 unspecified atom stereocenters. The van der Waals surface area contributed by atoms with E-state index in [-0.39, 0.29) is 16.3 Å². The second-order valence-electron chi connectivity index (χ2n) is 4.60. The van der Waals surface area contributed by atoms with Crippen LogP contribution < -0.4 is 4.90 Å². The first-order valence-electron chi connectivity index (χ1n) is 6.28. The molecule has 5 nitrogen and oxygen atoms in total. The first-order valence-corrected chi connectivity index (χ1v) is 7.53. The van der Waals surface area contributed by atoms with Crippen LogP contribution in [0.25, 0.3) is 0 Å². The number of nitrogens with zero attached hydrogens (tertiary/aromatic N) is 1. The topological polar surface area (TPSA) is 63.7 Å². The van der Waals surface area contributed by atoms with E-state index in [2.05, 4.69) is 4.74 Å². The highest BCUT2D eigenvalue weighted by Gasteiger charge is 2.33. The highest BCUT2D eigenvalue weighted by Crippen LogP contribution is 2.33. The standard InChI is InChI=1S/C14H14ClNO4S/c1-8(17)21-10-6-13(18)16(7-10)12-4-3-9(5-11(12)15)14(19)20-2/h3-5,10H,6-7H2,1-2H3. The van der Waals surface area contributed by atoms with Gasteiger partial charge in [-0.05, 0) is 18.2 Å². The van der Waals surface area contributed by atoms with Crippen LogP contribution in [0.2, 0.25) is 5.02 Å². The fraction of sp³-hybridized carbons (Fsp3) is 0.357. The van der Waals surface area contributed by atoms with Crippen LogP contribution in [0.4, 0.5) is 5.69 Å². The minimum atomic E-state index is -0.485. The van der Waals surface area contributed by atoms with E-state index >= 15 is 0 Å². The van der Waals surface area contributed by atoms with Crippen LogP contribution in [0.3, 0.4) is 0 Å². The van der Waals surface area contributed by atoms with Crippen molar-refractivity contribution in [2.45, 2.75) is 18.6 Å². The van der Waals surface area contributed by atoms with Crippen molar-refractivity contribution in [3.63, 3.8) is 0 Å². The average Bonchev–Trinajstić information content (AvgIpc) is 2.77. The lowest BCUT2D eigenvalue weighted by Crippen LogP contribution is -2.25. The van der Waals surface area contributed by atoms with Crippen LogP contribution in [0.5, 0.6) is 0 Å². The molecule has 21 heavy (non-hydrogen) atoms. The van der Waals surface area contributed by atoms with E-state index < -0.39 is 5.97 Å². The SMILES string of the molecule is COC(=O)c1ccc(N2CC(SC(C)=O)CC2=O)c(Cl)c1. The Bertz CT molecular complexity index is 605. The molecule has 1 fully saturated rings. The Morgan fingerprint density at radius 3 is 2.71 bits per heavy atom. The molecule has 1 aliphatic heterocycles. The lowest BCUT2D eigenvalue weighted by Gasteiger charge is -2.18. The number of halogens is 1. The van der Waals surface area contributed by atoms with Gasteiger partial charge in [0.15, 0.2) is 5.12 Å². The Morgan fingerprint density at radius 1 is 1.43 bits per heavy atom. The number of esters is 1. The summed E-state index contributed by atoms with van der Waals surface area (Å²) in [5.74, 6) is -0.567. The fourth-order valence-corrected chi connectivity index (χ4v) is 3.39. The summed E-state index contributed by atoms with van der Waals surface area (Å²) in [5.41, 5.74) is 0.869. The van der Waals surface area contributed by atoms with Gasteiger partial charge in [-0.3, -0.25) is 9.59 Å². The molecule has 0 bridgehead atoms. The minimum Gasteiger partial charge on any atom is -0.465 e. The van der Waals surface area contributed by atoms with E-state index in [9.17, 15) is 14.4 Å². The number of rotatable bonds is 3. The molecular weight excluding hydrogens is 314 g/mol. The summed E-state index contributed by atoms with van der Waals surface area (Å²) in [6, 6.07) is 4.65. The summed E-state index contributed by atoms with van der Waals surface area (Å²) in [6.45, 7) is 1.91. The molecule has 1 heterocycles. The smallest absolute Gasteiger partial charge is 0.337 e. The molecule has 1 saturated heterocycles. The summed E-state index contributed by atoms with van der Waals surface area (Å²) >= 11 is 7.32. The average molecular weight is 328 g/mol. The largest absolute Gasteiger partial charge is 0.465 e. The highest BCUT2D eigenvalue weighted by atomic mass is 35.5. The van der Waals surface area contributed by atoms with Gasteiger partial charge in [0, 0.05) is 25.1 Å². The molecule has 0 spiro atoms. The van der Waals surface area contributed by atoms with Crippen molar-refractivity contribution >= 4 is 46.0 Å². The molecule has 0 aliphatic carbocycles. The number of carbonyl (C=O) groups is 3. The number of thioether (sulfide) groups is 1. The van der Waals surface area contributed by atoms with Gasteiger partial charge in [0.05, 0.1) is 23.4 Å². The molecule has 7 heteroatoms. The van der Waals surface area contributed by atoms with Gasteiger partial charge in [-0.15, -0.1) is 0 Å². The lowest BCUT2D eigenvalue weighted by molar-refractivity contribution is -0.117. The molecule has 1 aliphatic rings. The fourth-order valence-electron chi connectivity index (χ4n) is 2.19. The van der Waals surface area contributed by atoms with Crippen molar-refractivity contribution in [2.24, 2.45) is 0 Å². The van der Waals surface area contributed by atoms with Crippen molar-refractivity contribution in [1.82, 2.24) is 0 Å². The predicted molar refractivity (Wildman–Crippen MR) is 81.8 cm³/mol. The summed E-state index contributed by atoms with van der Waals surface area (Å²) in [5, 5.41) is 0.230. The number of carbonyl (C=O) groups excluding carboxylic acids is 3. The van der Waals surface area contributed by atoms with E-state index in [0.29, 0.717) is 29.2 Å². The maximum atomic E-state index is 12.0. The van der Waals surface area contributed by atoms with E-state index in [0.717, 1.165) is 11.8 Å². The Kier molecular flexibility index (Phi) is 4.90. The summed E-state index contributed by atoms with van der Waals surface area (Å²) in [4.78, 5) is 36.1. The summed E-state index contributed by atoms with van der Waals surface area (Å²) in [7, 11) is 1.29. The highest BCUT2D eigenvalue weighted by molar-refractivity contribution is 8.14. The van der Waals surface area contributed by atoms with Gasteiger partial charge in [-0.25, -0.2) is 4.79 Å². The first-order chi connectivity index (χ1) is 9.92. The van der Waals surface area contributed by atoms with Crippen LogP contribution in [-0.4, -0.2) is 35.9 Å². The van der Waals surface area contributed by atoms with Crippen LogP contribution in [-0.2, 0) is 14.3 Å². The predicted octanol–water partition coefficient (Wildman–Crippen LogP) is 2.51. The van der Waals surface area contributed by atoms with E-state index in [4.69, 9.17) is 11.6 Å². The summed E-state index contributed by atoms with van der Waals surface area (Å²) < 4.78 is 4.62. The van der Waals surface area contributed by atoms with Gasteiger partial charge in [0.25, 0.3) is 0 Å². The van der Waals surface area contributed by atoms with Gasteiger partial charge in [0.2, 0.25) is 5.91 Å². The quantitative estimate of drug-likeness (QED) is 0.798. The molecule has 1 amide bonds. The molecule has 0 saturated carbocycles. The number of ether oxygens (including phenoxy) is 1. The van der Waals surface area contributed by atoms with Crippen molar-refractivity contribution < 1.29 is 19.1 Å². The third-order valence-electron chi connectivity index (χ3n) is 3.08. The lowest BCUT2D eigenvalue weighted by atomic mass is 10.2. The maximum Gasteiger partial charge on any atom is 0.337 e. The first kappa shape index (κ1) is 15.9. The number of hydrogen-bond donors (Lipinski definition) is 0. The third-order valence-corrected chi connectivity index (χ3v) is 4.37. The minimum absolute atomic E-state index is 0.0122. The second-order valence-corrected chi connectivity index (χ2v) is 6.48. The molecule has 1 atom stereocenters. The molecule has 0 radical (unpaired) electrons. The van der Waals surface area contributed by atoms with Crippen LogP contribution >= 0.6 is 23.4 Å². The zero-order chi connectivity index (χ0) is 15.6. The van der Waals surface area contributed by atoms with Gasteiger partial charge >= 0.3 is 5.97 Å². The molecule has 112 valence electrons. The number of amides is 1. The number of anilines is 1. The monoisotopic (exact) mass is 327 g/mol. The van der Waals surface area contributed by atoms with Gasteiger partial charge < -0.3 is 9.64 Å². The molecule has 0 N–H and O–H groups in total. The van der Waals surface area contributed by atoms with Gasteiger partial charge in [0.1, 0.15) is 0 Å².